The second-order valence-corrected chi connectivity index (χ2v) is 4.13. The zero-order chi connectivity index (χ0) is 14.9. The van der Waals surface area contributed by atoms with E-state index >= 15 is 0 Å². The van der Waals surface area contributed by atoms with Crippen LogP contribution >= 0.6 is 0 Å². The third-order valence-electron chi connectivity index (χ3n) is 2.50. The van der Waals surface area contributed by atoms with E-state index in [-0.39, 0.29) is 12.5 Å². The Morgan fingerprint density at radius 3 is 2.24 bits per heavy atom. The van der Waals surface area contributed by atoms with Crippen LogP contribution in [0.2, 0.25) is 0 Å². The fraction of sp³-hybridized carbons (Fsp3) is 0.188. The highest BCUT2D eigenvalue weighted by Crippen LogP contribution is 2.23. The number of carbonyl (C=O) groups excluding carboxylic acids is 1. The van der Waals surface area contributed by atoms with Gasteiger partial charge in [0, 0.05) is 0 Å². The number of para-hydroxylation sites is 1. The Labute approximate surface area is 123 Å². The topological polar surface area (TPSA) is 56.8 Å². The molecule has 0 saturated heterocycles. The Morgan fingerprint density at radius 2 is 1.57 bits per heavy atom. The standard InChI is InChI=1S/C16H17NO4/c1-2-20-17-16(18)12-19-13-8-10-15(11-9-13)21-14-6-4-3-5-7-14/h3-11H,2,12H2,1H3,(H,17,18). The first-order chi connectivity index (χ1) is 10.3. The molecule has 21 heavy (non-hydrogen) atoms. The second-order valence-electron chi connectivity index (χ2n) is 4.13. The lowest BCUT2D eigenvalue weighted by atomic mass is 10.3. The van der Waals surface area contributed by atoms with Crippen molar-refractivity contribution >= 4 is 5.91 Å². The highest BCUT2D eigenvalue weighted by molar-refractivity contribution is 5.76. The van der Waals surface area contributed by atoms with Gasteiger partial charge >= 0.3 is 0 Å². The molecule has 2 rings (SSSR count). The first-order valence-electron chi connectivity index (χ1n) is 6.64. The summed E-state index contributed by atoms with van der Waals surface area (Å²) in [7, 11) is 0. The van der Waals surface area contributed by atoms with E-state index in [4.69, 9.17) is 14.3 Å². The molecule has 1 amide bonds. The molecule has 0 aliphatic heterocycles. The normalized spacial score (nSPS) is 9.95. The molecule has 1 N–H and O–H groups in total. The van der Waals surface area contributed by atoms with Crippen LogP contribution in [0.5, 0.6) is 17.2 Å². The molecule has 0 radical (unpaired) electrons. The summed E-state index contributed by atoms with van der Waals surface area (Å²) >= 11 is 0. The maximum Gasteiger partial charge on any atom is 0.281 e. The van der Waals surface area contributed by atoms with E-state index in [2.05, 4.69) is 5.48 Å². The van der Waals surface area contributed by atoms with Crippen molar-refractivity contribution in [3.8, 4) is 17.2 Å². The van der Waals surface area contributed by atoms with Gasteiger partial charge in [0.05, 0.1) is 6.61 Å². The molecular weight excluding hydrogens is 270 g/mol. The van der Waals surface area contributed by atoms with E-state index in [0.717, 1.165) is 5.75 Å². The van der Waals surface area contributed by atoms with E-state index in [1.807, 2.05) is 30.3 Å². The third kappa shape index (κ3) is 5.16. The number of nitrogens with one attached hydrogen (secondary N) is 1. The lowest BCUT2D eigenvalue weighted by Crippen LogP contribution is -2.28. The Kier molecular flexibility index (Phi) is 5.60. The number of amides is 1. The first kappa shape index (κ1) is 14.9. The SMILES string of the molecule is CCONC(=O)COc1ccc(Oc2ccccc2)cc1. The van der Waals surface area contributed by atoms with Crippen molar-refractivity contribution in [3.63, 3.8) is 0 Å². The molecule has 110 valence electrons. The Bertz CT molecular complexity index is 554. The fourth-order valence-corrected chi connectivity index (χ4v) is 1.56. The van der Waals surface area contributed by atoms with Crippen LogP contribution in [0.25, 0.3) is 0 Å². The summed E-state index contributed by atoms with van der Waals surface area (Å²) < 4.78 is 11.0. The van der Waals surface area contributed by atoms with Crippen LogP contribution in [-0.4, -0.2) is 19.1 Å². The van der Waals surface area contributed by atoms with Crippen molar-refractivity contribution < 1.29 is 19.1 Å². The molecule has 0 atom stereocenters. The van der Waals surface area contributed by atoms with Gasteiger partial charge in [0.15, 0.2) is 6.61 Å². The lowest BCUT2D eigenvalue weighted by Gasteiger charge is -2.08. The average molecular weight is 287 g/mol. The van der Waals surface area contributed by atoms with Crippen molar-refractivity contribution in [3.05, 3.63) is 54.6 Å². The van der Waals surface area contributed by atoms with Crippen molar-refractivity contribution in [2.45, 2.75) is 6.92 Å². The molecule has 0 spiro atoms. The smallest absolute Gasteiger partial charge is 0.281 e. The van der Waals surface area contributed by atoms with E-state index in [9.17, 15) is 4.79 Å². The average Bonchev–Trinajstić information content (AvgIpc) is 2.53. The molecule has 0 heterocycles. The predicted molar refractivity (Wildman–Crippen MR) is 78.2 cm³/mol. The molecule has 5 nitrogen and oxygen atoms in total. The van der Waals surface area contributed by atoms with Gasteiger partial charge in [0.2, 0.25) is 0 Å². The monoisotopic (exact) mass is 287 g/mol. The van der Waals surface area contributed by atoms with Crippen LogP contribution < -0.4 is 15.0 Å². The largest absolute Gasteiger partial charge is 0.484 e. The van der Waals surface area contributed by atoms with E-state index in [1.165, 1.54) is 0 Å². The minimum Gasteiger partial charge on any atom is -0.484 e. The van der Waals surface area contributed by atoms with Crippen molar-refractivity contribution in [2.75, 3.05) is 13.2 Å². The van der Waals surface area contributed by atoms with Gasteiger partial charge in [0.1, 0.15) is 17.2 Å². The Morgan fingerprint density at radius 1 is 0.952 bits per heavy atom. The maximum atomic E-state index is 11.3. The highest BCUT2D eigenvalue weighted by Gasteiger charge is 2.03. The zero-order valence-corrected chi connectivity index (χ0v) is 11.7. The highest BCUT2D eigenvalue weighted by atomic mass is 16.7. The molecule has 2 aromatic carbocycles. The number of carbonyl (C=O) groups is 1. The number of ether oxygens (including phenoxy) is 2. The quantitative estimate of drug-likeness (QED) is 0.795. The van der Waals surface area contributed by atoms with Gasteiger partial charge < -0.3 is 9.47 Å². The summed E-state index contributed by atoms with van der Waals surface area (Å²) in [6.45, 7) is 2.10. The first-order valence-corrected chi connectivity index (χ1v) is 6.64. The molecule has 0 aliphatic rings. The van der Waals surface area contributed by atoms with Gasteiger partial charge in [-0.1, -0.05) is 18.2 Å². The van der Waals surface area contributed by atoms with E-state index in [0.29, 0.717) is 18.1 Å². The molecule has 0 fully saturated rings. The molecule has 0 aliphatic carbocycles. The minimum absolute atomic E-state index is 0.0983. The van der Waals surface area contributed by atoms with Gasteiger partial charge in [-0.25, -0.2) is 5.48 Å². The summed E-state index contributed by atoms with van der Waals surface area (Å²) in [6, 6.07) is 16.5. The van der Waals surface area contributed by atoms with Crippen LogP contribution in [-0.2, 0) is 9.63 Å². The number of hydrogen-bond donors (Lipinski definition) is 1. The second kappa shape index (κ2) is 7.91. The van der Waals surface area contributed by atoms with Gasteiger partial charge in [-0.2, -0.15) is 0 Å². The van der Waals surface area contributed by atoms with Gasteiger partial charge in [-0.15, -0.1) is 0 Å². The predicted octanol–water partition coefficient (Wildman–Crippen LogP) is 2.93. The third-order valence-corrected chi connectivity index (χ3v) is 2.50. The zero-order valence-electron chi connectivity index (χ0n) is 11.7. The summed E-state index contributed by atoms with van der Waals surface area (Å²) in [5, 5.41) is 0. The van der Waals surface area contributed by atoms with Crippen molar-refractivity contribution in [2.24, 2.45) is 0 Å². The van der Waals surface area contributed by atoms with E-state index < -0.39 is 0 Å². The van der Waals surface area contributed by atoms with Gasteiger partial charge in [0.25, 0.3) is 5.91 Å². The number of rotatable bonds is 7. The number of hydrogen-bond acceptors (Lipinski definition) is 4. The van der Waals surface area contributed by atoms with E-state index in [1.54, 1.807) is 31.2 Å². The van der Waals surface area contributed by atoms with Crippen molar-refractivity contribution in [1.82, 2.24) is 5.48 Å². The molecule has 0 aromatic heterocycles. The Balaban J connectivity index is 1.83. The van der Waals surface area contributed by atoms with Crippen LogP contribution in [0.4, 0.5) is 0 Å². The summed E-state index contributed by atoms with van der Waals surface area (Å²) in [6.07, 6.45) is 0. The summed E-state index contributed by atoms with van der Waals surface area (Å²) in [5.41, 5.74) is 2.26. The molecule has 5 heteroatoms. The summed E-state index contributed by atoms with van der Waals surface area (Å²) in [5.74, 6) is 1.72. The van der Waals surface area contributed by atoms with Crippen LogP contribution in [0.15, 0.2) is 54.6 Å². The Hall–Kier alpha value is -2.53. The number of hydroxylamine groups is 1. The van der Waals surface area contributed by atoms with Crippen molar-refractivity contribution in [1.29, 1.82) is 0 Å². The van der Waals surface area contributed by atoms with Crippen LogP contribution in [0.1, 0.15) is 6.92 Å². The molecule has 2 aromatic rings. The van der Waals surface area contributed by atoms with Gasteiger partial charge in [-0.05, 0) is 43.3 Å². The fourth-order valence-electron chi connectivity index (χ4n) is 1.56. The van der Waals surface area contributed by atoms with Crippen LogP contribution in [0, 0.1) is 0 Å². The molecular formula is C16H17NO4. The maximum absolute atomic E-state index is 11.3. The van der Waals surface area contributed by atoms with Crippen LogP contribution in [0.3, 0.4) is 0 Å². The molecule has 0 unspecified atom stereocenters. The molecule has 0 saturated carbocycles. The minimum atomic E-state index is -0.332. The molecule has 0 bridgehead atoms. The lowest BCUT2D eigenvalue weighted by molar-refractivity contribution is -0.135. The number of benzene rings is 2. The van der Waals surface area contributed by atoms with Gasteiger partial charge in [-0.3, -0.25) is 9.63 Å². The summed E-state index contributed by atoms with van der Waals surface area (Å²) in [4.78, 5) is 16.1.